The van der Waals surface area contributed by atoms with Crippen molar-refractivity contribution in [3.8, 4) is 0 Å². The van der Waals surface area contributed by atoms with Crippen LogP contribution in [0.3, 0.4) is 0 Å². The second-order valence-corrected chi connectivity index (χ2v) is 7.24. The Kier molecular flexibility index (Phi) is 4.77. The number of nitrogens with zero attached hydrogens (tertiary/aromatic N) is 2. The molecule has 0 saturated heterocycles. The summed E-state index contributed by atoms with van der Waals surface area (Å²) >= 11 is 6.10. The lowest BCUT2D eigenvalue weighted by Crippen LogP contribution is -2.58. The summed E-state index contributed by atoms with van der Waals surface area (Å²) < 4.78 is 14.1. The molecule has 0 spiro atoms. The number of rotatable bonds is 4. The van der Waals surface area contributed by atoms with Crippen molar-refractivity contribution in [3.63, 3.8) is 0 Å². The molecule has 2 aromatic carbocycles. The monoisotopic (exact) mass is 400 g/mol. The van der Waals surface area contributed by atoms with E-state index in [0.29, 0.717) is 22.7 Å². The van der Waals surface area contributed by atoms with Crippen molar-refractivity contribution in [3.05, 3.63) is 64.9 Å². The summed E-state index contributed by atoms with van der Waals surface area (Å²) in [7, 11) is 0. The standard InChI is InChI=1S/C20H18ClFN4O2/c1-11-20(28)26(12-6-3-2-4-7-12)25-18(23-11)19(27)24-16-10-13(16)17-14(21)8-5-9-15(17)22/h2-9,11,13,16H,10H2,1H3,(H,23,25)(H,24,27)/t11-,13+,16+/m0/s1. The predicted molar refractivity (Wildman–Crippen MR) is 105 cm³/mol. The molecule has 1 aliphatic carbocycles. The van der Waals surface area contributed by atoms with Crippen molar-refractivity contribution in [2.45, 2.75) is 31.3 Å². The van der Waals surface area contributed by atoms with Gasteiger partial charge in [0.2, 0.25) is 5.84 Å². The van der Waals surface area contributed by atoms with Crippen LogP contribution in [0.4, 0.5) is 10.1 Å². The van der Waals surface area contributed by atoms with Crippen LogP contribution >= 0.6 is 11.6 Å². The fourth-order valence-corrected chi connectivity index (χ4v) is 3.58. The van der Waals surface area contributed by atoms with Gasteiger partial charge in [-0.3, -0.25) is 15.0 Å². The van der Waals surface area contributed by atoms with Crippen LogP contribution in [0.1, 0.15) is 24.8 Å². The van der Waals surface area contributed by atoms with Gasteiger partial charge in [-0.05, 0) is 37.6 Å². The number of hydrazine groups is 1. The summed E-state index contributed by atoms with van der Waals surface area (Å²) in [4.78, 5) is 29.2. The maximum Gasteiger partial charge on any atom is 0.288 e. The lowest BCUT2D eigenvalue weighted by Gasteiger charge is -2.30. The molecule has 1 fully saturated rings. The molecule has 1 heterocycles. The van der Waals surface area contributed by atoms with Crippen molar-refractivity contribution in [1.29, 1.82) is 0 Å². The Bertz CT molecular complexity index is 946. The van der Waals surface area contributed by atoms with Gasteiger partial charge in [0.15, 0.2) is 0 Å². The number of amides is 2. The van der Waals surface area contributed by atoms with Crippen molar-refractivity contribution in [1.82, 2.24) is 10.7 Å². The van der Waals surface area contributed by atoms with E-state index in [1.54, 1.807) is 43.3 Å². The Morgan fingerprint density at radius 3 is 2.71 bits per heavy atom. The SMILES string of the molecule is C[C@@H]1N=C(C(=O)N[C@@H]2C[C@H]2c2c(F)cccc2Cl)NN(c2ccccc2)C1=O. The molecule has 0 radical (unpaired) electrons. The Labute approximate surface area is 166 Å². The maximum atomic E-state index is 14.1. The van der Waals surface area contributed by atoms with Crippen LogP contribution < -0.4 is 15.8 Å². The molecule has 8 heteroatoms. The Morgan fingerprint density at radius 1 is 1.25 bits per heavy atom. The summed E-state index contributed by atoms with van der Waals surface area (Å²) in [6.07, 6.45) is 0.594. The zero-order chi connectivity index (χ0) is 19.8. The largest absolute Gasteiger partial charge is 0.346 e. The average molecular weight is 401 g/mol. The minimum absolute atomic E-state index is 0.0428. The molecule has 1 saturated carbocycles. The molecule has 144 valence electrons. The highest BCUT2D eigenvalue weighted by molar-refractivity contribution is 6.39. The highest BCUT2D eigenvalue weighted by atomic mass is 35.5. The van der Waals surface area contributed by atoms with E-state index in [4.69, 9.17) is 11.6 Å². The average Bonchev–Trinajstić information content (AvgIpc) is 3.42. The highest BCUT2D eigenvalue weighted by Crippen LogP contribution is 2.44. The number of amidine groups is 1. The lowest BCUT2D eigenvalue weighted by atomic mass is 10.1. The van der Waals surface area contributed by atoms with Gasteiger partial charge in [-0.25, -0.2) is 14.4 Å². The van der Waals surface area contributed by atoms with E-state index in [2.05, 4.69) is 15.7 Å². The van der Waals surface area contributed by atoms with Gasteiger partial charge in [-0.15, -0.1) is 0 Å². The minimum atomic E-state index is -0.696. The Balaban J connectivity index is 1.47. The number of hydrogen-bond donors (Lipinski definition) is 2. The first kappa shape index (κ1) is 18.4. The second-order valence-electron chi connectivity index (χ2n) is 6.83. The fraction of sp³-hybridized carbons (Fsp3) is 0.250. The number of hydrogen-bond acceptors (Lipinski definition) is 4. The van der Waals surface area contributed by atoms with Crippen LogP contribution in [0.25, 0.3) is 0 Å². The summed E-state index contributed by atoms with van der Waals surface area (Å²) in [5, 5.41) is 4.50. The van der Waals surface area contributed by atoms with Gasteiger partial charge in [0.05, 0.1) is 5.69 Å². The predicted octanol–water partition coefficient (Wildman–Crippen LogP) is 2.79. The first-order chi connectivity index (χ1) is 13.5. The molecule has 2 aliphatic rings. The molecule has 28 heavy (non-hydrogen) atoms. The third-order valence-electron chi connectivity index (χ3n) is 4.83. The van der Waals surface area contributed by atoms with Gasteiger partial charge in [0.1, 0.15) is 11.9 Å². The lowest BCUT2D eigenvalue weighted by molar-refractivity contribution is -0.120. The van der Waals surface area contributed by atoms with Gasteiger partial charge in [-0.2, -0.15) is 0 Å². The van der Waals surface area contributed by atoms with E-state index in [9.17, 15) is 14.0 Å². The molecule has 0 aromatic heterocycles. The normalized spacial score (nSPS) is 23.7. The summed E-state index contributed by atoms with van der Waals surface area (Å²) in [6, 6.07) is 12.6. The molecular formula is C20H18ClFN4O2. The molecule has 2 aromatic rings. The van der Waals surface area contributed by atoms with Crippen molar-refractivity contribution in [2.24, 2.45) is 4.99 Å². The number of aliphatic imine (C=N–C) groups is 1. The highest BCUT2D eigenvalue weighted by Gasteiger charge is 2.43. The topological polar surface area (TPSA) is 73.8 Å². The molecule has 0 bridgehead atoms. The number of benzene rings is 2. The van der Waals surface area contributed by atoms with E-state index in [1.807, 2.05) is 6.07 Å². The Morgan fingerprint density at radius 2 is 2.00 bits per heavy atom. The van der Waals surface area contributed by atoms with Crippen LogP contribution in [0.2, 0.25) is 5.02 Å². The minimum Gasteiger partial charge on any atom is -0.346 e. The van der Waals surface area contributed by atoms with E-state index in [-0.39, 0.29) is 29.5 Å². The number of halogens is 2. The fourth-order valence-electron chi connectivity index (χ4n) is 3.28. The smallest absolute Gasteiger partial charge is 0.288 e. The zero-order valence-electron chi connectivity index (χ0n) is 15.0. The molecule has 3 atom stereocenters. The molecule has 2 N–H and O–H groups in total. The van der Waals surface area contributed by atoms with E-state index in [1.165, 1.54) is 11.1 Å². The number of anilines is 1. The van der Waals surface area contributed by atoms with Crippen molar-refractivity contribution in [2.75, 3.05) is 5.01 Å². The molecular weight excluding hydrogens is 383 g/mol. The zero-order valence-corrected chi connectivity index (χ0v) is 15.8. The van der Waals surface area contributed by atoms with E-state index in [0.717, 1.165) is 0 Å². The number of carbonyl (C=O) groups is 2. The van der Waals surface area contributed by atoms with Gasteiger partial charge in [-0.1, -0.05) is 35.9 Å². The van der Waals surface area contributed by atoms with Gasteiger partial charge in [0.25, 0.3) is 11.8 Å². The van der Waals surface area contributed by atoms with Crippen molar-refractivity contribution < 1.29 is 14.0 Å². The van der Waals surface area contributed by atoms with Crippen LogP contribution in [0.15, 0.2) is 53.5 Å². The molecule has 1 aliphatic heterocycles. The number of nitrogens with one attached hydrogen (secondary N) is 2. The van der Waals surface area contributed by atoms with Crippen LogP contribution in [0.5, 0.6) is 0 Å². The van der Waals surface area contributed by atoms with Gasteiger partial charge in [0, 0.05) is 22.5 Å². The van der Waals surface area contributed by atoms with Crippen LogP contribution in [0, 0.1) is 5.82 Å². The quantitative estimate of drug-likeness (QED) is 0.828. The first-order valence-electron chi connectivity index (χ1n) is 8.94. The van der Waals surface area contributed by atoms with E-state index < -0.39 is 11.9 Å². The number of para-hydroxylation sites is 1. The van der Waals surface area contributed by atoms with E-state index >= 15 is 0 Å². The summed E-state index contributed by atoms with van der Waals surface area (Å²) in [5.41, 5.74) is 3.81. The summed E-state index contributed by atoms with van der Waals surface area (Å²) in [5.74, 6) is -1.21. The third-order valence-corrected chi connectivity index (χ3v) is 5.15. The van der Waals surface area contributed by atoms with Crippen molar-refractivity contribution >= 4 is 34.9 Å². The molecule has 6 nitrogen and oxygen atoms in total. The summed E-state index contributed by atoms with van der Waals surface area (Å²) in [6.45, 7) is 1.63. The maximum absolute atomic E-state index is 14.1. The Hall–Kier alpha value is -2.93. The molecule has 2 amide bonds. The van der Waals surface area contributed by atoms with Gasteiger partial charge < -0.3 is 5.32 Å². The van der Waals surface area contributed by atoms with Crippen LogP contribution in [-0.4, -0.2) is 29.7 Å². The second kappa shape index (κ2) is 7.24. The molecule has 0 unspecified atom stereocenters. The third kappa shape index (κ3) is 3.45. The first-order valence-corrected chi connectivity index (χ1v) is 9.31. The van der Waals surface area contributed by atoms with Gasteiger partial charge >= 0.3 is 0 Å². The number of carbonyl (C=O) groups excluding carboxylic acids is 2. The molecule has 4 rings (SSSR count). The van der Waals surface area contributed by atoms with Crippen LogP contribution in [-0.2, 0) is 9.59 Å².